The van der Waals surface area contributed by atoms with E-state index in [1.807, 2.05) is 18.2 Å². The van der Waals surface area contributed by atoms with Crippen molar-refractivity contribution in [3.63, 3.8) is 0 Å². The first kappa shape index (κ1) is 8.92. The molecule has 1 heterocycles. The summed E-state index contributed by atoms with van der Waals surface area (Å²) in [4.78, 5) is 11.1. The predicted octanol–water partition coefficient (Wildman–Crippen LogP) is 1.25. The Hall–Kier alpha value is -1.35. The smallest absolute Gasteiger partial charge is 0.228 e. The minimum Gasteiger partial charge on any atom is -0.390 e. The van der Waals surface area contributed by atoms with Crippen molar-refractivity contribution >= 4 is 11.6 Å². The molecule has 78 valence electrons. The van der Waals surface area contributed by atoms with Crippen molar-refractivity contribution < 1.29 is 9.90 Å². The summed E-state index contributed by atoms with van der Waals surface area (Å²) in [6.45, 7) is 0. The number of amides is 1. The molecule has 3 nitrogen and oxygen atoms in total. The van der Waals surface area contributed by atoms with Crippen molar-refractivity contribution in [2.24, 2.45) is 0 Å². The molecule has 2 N–H and O–H groups in total. The van der Waals surface area contributed by atoms with Gasteiger partial charge in [0.05, 0.1) is 12.0 Å². The zero-order chi connectivity index (χ0) is 10.5. The average molecular weight is 203 g/mol. The van der Waals surface area contributed by atoms with Crippen molar-refractivity contribution in [2.75, 3.05) is 5.32 Å². The van der Waals surface area contributed by atoms with Crippen molar-refractivity contribution in [3.8, 4) is 0 Å². The van der Waals surface area contributed by atoms with Crippen LogP contribution in [0.1, 0.15) is 24.0 Å². The average Bonchev–Trinajstić information content (AvgIpc) is 2.76. The molecule has 0 aromatic heterocycles. The molecule has 0 bridgehead atoms. The second kappa shape index (κ2) is 2.83. The maximum atomic E-state index is 11.1. The standard InChI is InChI=1S/C12H13NO2/c14-11-6-9-2-1-8(5-10(9)13-11)7-12(15)3-4-12/h1-2,5,15H,3-4,6-7H2,(H,13,14). The number of benzene rings is 1. The zero-order valence-electron chi connectivity index (χ0n) is 8.42. The van der Waals surface area contributed by atoms with Crippen LogP contribution in [0.2, 0.25) is 0 Å². The molecule has 15 heavy (non-hydrogen) atoms. The third-order valence-corrected chi connectivity index (χ3v) is 3.16. The van der Waals surface area contributed by atoms with Crippen LogP contribution in [0.5, 0.6) is 0 Å². The Morgan fingerprint density at radius 2 is 2.20 bits per heavy atom. The van der Waals surface area contributed by atoms with Crippen molar-refractivity contribution in [3.05, 3.63) is 29.3 Å². The van der Waals surface area contributed by atoms with Gasteiger partial charge in [-0.05, 0) is 30.0 Å². The topological polar surface area (TPSA) is 49.3 Å². The van der Waals surface area contributed by atoms with E-state index in [1.165, 1.54) is 0 Å². The van der Waals surface area contributed by atoms with Crippen LogP contribution in [-0.2, 0) is 17.6 Å². The highest BCUT2D eigenvalue weighted by Gasteiger charge is 2.40. The van der Waals surface area contributed by atoms with Gasteiger partial charge in [-0.3, -0.25) is 4.79 Å². The second-order valence-corrected chi connectivity index (χ2v) is 4.62. The van der Waals surface area contributed by atoms with E-state index in [-0.39, 0.29) is 5.91 Å². The van der Waals surface area contributed by atoms with Gasteiger partial charge in [0.2, 0.25) is 5.91 Å². The lowest BCUT2D eigenvalue weighted by atomic mass is 10.0. The Bertz CT molecular complexity index is 435. The van der Waals surface area contributed by atoms with Gasteiger partial charge in [-0.1, -0.05) is 12.1 Å². The fraction of sp³-hybridized carbons (Fsp3) is 0.417. The van der Waals surface area contributed by atoms with Gasteiger partial charge in [0.15, 0.2) is 0 Å². The number of fused-ring (bicyclic) bond motifs is 1. The van der Waals surface area contributed by atoms with E-state index in [0.717, 1.165) is 29.7 Å². The van der Waals surface area contributed by atoms with Gasteiger partial charge in [0, 0.05) is 12.1 Å². The van der Waals surface area contributed by atoms with Crippen LogP contribution in [0.25, 0.3) is 0 Å². The van der Waals surface area contributed by atoms with Gasteiger partial charge in [-0.2, -0.15) is 0 Å². The maximum Gasteiger partial charge on any atom is 0.228 e. The van der Waals surface area contributed by atoms with Crippen molar-refractivity contribution in [2.45, 2.75) is 31.3 Å². The van der Waals surface area contributed by atoms with E-state index in [0.29, 0.717) is 12.8 Å². The second-order valence-electron chi connectivity index (χ2n) is 4.62. The highest BCUT2D eigenvalue weighted by atomic mass is 16.3. The molecule has 2 aliphatic rings. The number of hydrogen-bond donors (Lipinski definition) is 2. The third-order valence-electron chi connectivity index (χ3n) is 3.16. The SMILES string of the molecule is O=C1Cc2ccc(CC3(O)CC3)cc2N1. The van der Waals surface area contributed by atoms with Crippen LogP contribution in [0.15, 0.2) is 18.2 Å². The molecule has 1 aliphatic carbocycles. The molecule has 0 spiro atoms. The fourth-order valence-electron chi connectivity index (χ4n) is 2.07. The Morgan fingerprint density at radius 1 is 1.40 bits per heavy atom. The number of aliphatic hydroxyl groups is 1. The molecular formula is C12H13NO2. The summed E-state index contributed by atoms with van der Waals surface area (Å²) in [6, 6.07) is 5.97. The molecule has 0 saturated heterocycles. The molecule has 3 rings (SSSR count). The Kier molecular flexibility index (Phi) is 1.68. The van der Waals surface area contributed by atoms with Gasteiger partial charge in [0.1, 0.15) is 0 Å². The van der Waals surface area contributed by atoms with Crippen molar-refractivity contribution in [1.29, 1.82) is 0 Å². The first-order valence-corrected chi connectivity index (χ1v) is 5.29. The van der Waals surface area contributed by atoms with Gasteiger partial charge in [-0.25, -0.2) is 0 Å². The number of nitrogens with one attached hydrogen (secondary N) is 1. The minimum atomic E-state index is -0.461. The van der Waals surface area contributed by atoms with E-state index >= 15 is 0 Å². The fourth-order valence-corrected chi connectivity index (χ4v) is 2.07. The zero-order valence-corrected chi connectivity index (χ0v) is 8.42. The predicted molar refractivity (Wildman–Crippen MR) is 56.7 cm³/mol. The number of carbonyl (C=O) groups is 1. The maximum absolute atomic E-state index is 11.1. The highest BCUT2D eigenvalue weighted by molar-refractivity contribution is 5.99. The lowest BCUT2D eigenvalue weighted by Gasteiger charge is -2.08. The van der Waals surface area contributed by atoms with E-state index in [1.54, 1.807) is 0 Å². The number of rotatable bonds is 2. The summed E-state index contributed by atoms with van der Waals surface area (Å²) >= 11 is 0. The minimum absolute atomic E-state index is 0.0623. The molecule has 1 aromatic rings. The van der Waals surface area contributed by atoms with Crippen LogP contribution in [0.3, 0.4) is 0 Å². The van der Waals surface area contributed by atoms with E-state index in [9.17, 15) is 9.90 Å². The summed E-state index contributed by atoms with van der Waals surface area (Å²) in [5.74, 6) is 0.0623. The molecule has 1 saturated carbocycles. The normalized spacial score (nSPS) is 21.0. The molecule has 0 atom stereocenters. The van der Waals surface area contributed by atoms with Crippen LogP contribution >= 0.6 is 0 Å². The summed E-state index contributed by atoms with van der Waals surface area (Å²) in [5.41, 5.74) is 2.63. The van der Waals surface area contributed by atoms with Gasteiger partial charge in [0.25, 0.3) is 0 Å². The molecular weight excluding hydrogens is 190 g/mol. The van der Waals surface area contributed by atoms with Gasteiger partial charge >= 0.3 is 0 Å². The van der Waals surface area contributed by atoms with Crippen LogP contribution in [0, 0.1) is 0 Å². The molecule has 3 heteroatoms. The summed E-state index contributed by atoms with van der Waals surface area (Å²) < 4.78 is 0. The quantitative estimate of drug-likeness (QED) is 0.760. The molecule has 0 radical (unpaired) electrons. The molecule has 1 aromatic carbocycles. The van der Waals surface area contributed by atoms with Crippen LogP contribution in [0.4, 0.5) is 5.69 Å². The number of hydrogen-bond acceptors (Lipinski definition) is 2. The largest absolute Gasteiger partial charge is 0.390 e. The number of anilines is 1. The Morgan fingerprint density at radius 3 is 2.93 bits per heavy atom. The molecule has 0 unspecified atom stereocenters. The summed E-state index contributed by atoms with van der Waals surface area (Å²) in [7, 11) is 0. The molecule has 1 amide bonds. The Balaban J connectivity index is 1.86. The summed E-state index contributed by atoms with van der Waals surface area (Å²) in [6.07, 6.45) is 2.99. The Labute approximate surface area is 88.1 Å². The van der Waals surface area contributed by atoms with Crippen LogP contribution < -0.4 is 5.32 Å². The first-order chi connectivity index (χ1) is 7.15. The van der Waals surface area contributed by atoms with Gasteiger partial charge < -0.3 is 10.4 Å². The third kappa shape index (κ3) is 1.63. The lowest BCUT2D eigenvalue weighted by Crippen LogP contribution is -2.10. The number of carbonyl (C=O) groups excluding carboxylic acids is 1. The highest BCUT2D eigenvalue weighted by Crippen LogP contribution is 2.39. The van der Waals surface area contributed by atoms with E-state index in [4.69, 9.17) is 0 Å². The van der Waals surface area contributed by atoms with Crippen LogP contribution in [-0.4, -0.2) is 16.6 Å². The first-order valence-electron chi connectivity index (χ1n) is 5.29. The van der Waals surface area contributed by atoms with E-state index < -0.39 is 5.60 Å². The molecule has 1 fully saturated rings. The van der Waals surface area contributed by atoms with E-state index in [2.05, 4.69) is 5.32 Å². The summed E-state index contributed by atoms with van der Waals surface area (Å²) in [5, 5.41) is 12.6. The van der Waals surface area contributed by atoms with Crippen molar-refractivity contribution in [1.82, 2.24) is 0 Å². The van der Waals surface area contributed by atoms with Gasteiger partial charge in [-0.15, -0.1) is 0 Å². The molecule has 1 aliphatic heterocycles. The lowest BCUT2D eigenvalue weighted by molar-refractivity contribution is -0.115. The monoisotopic (exact) mass is 203 g/mol.